The zero-order chi connectivity index (χ0) is 28.0. The molecule has 1 aliphatic heterocycles. The van der Waals surface area contributed by atoms with Gasteiger partial charge in [0.05, 0.1) is 40.6 Å². The van der Waals surface area contributed by atoms with Crippen molar-refractivity contribution < 1.29 is 13.2 Å². The first-order chi connectivity index (χ1) is 18.5. The Morgan fingerprint density at radius 3 is 2.56 bits per heavy atom. The number of nitrogens with zero attached hydrogens (tertiary/aromatic N) is 5. The third kappa shape index (κ3) is 5.42. The van der Waals surface area contributed by atoms with E-state index in [9.17, 15) is 22.8 Å². The van der Waals surface area contributed by atoms with Crippen LogP contribution in [-0.2, 0) is 13.1 Å². The second-order valence-electron chi connectivity index (χ2n) is 9.41. The van der Waals surface area contributed by atoms with E-state index < -0.39 is 35.4 Å². The average Bonchev–Trinajstić information content (AvgIpc) is 3.48. The van der Waals surface area contributed by atoms with Crippen LogP contribution in [0, 0.1) is 17.5 Å². The number of fused-ring (bicyclic) bond motifs is 1. The van der Waals surface area contributed by atoms with E-state index in [1.165, 1.54) is 11.3 Å². The third-order valence-electron chi connectivity index (χ3n) is 6.12. The van der Waals surface area contributed by atoms with Gasteiger partial charge >= 0.3 is 11.4 Å². The highest BCUT2D eigenvalue weighted by Gasteiger charge is 2.26. The number of allylic oxidation sites excluding steroid dienone is 1. The summed E-state index contributed by atoms with van der Waals surface area (Å²) < 4.78 is 43.9. The molecule has 2 aromatic heterocycles. The molecule has 3 aromatic rings. The van der Waals surface area contributed by atoms with Gasteiger partial charge in [-0.3, -0.25) is 4.57 Å². The average molecular weight is 578 g/mol. The van der Waals surface area contributed by atoms with Crippen LogP contribution in [0.1, 0.15) is 36.0 Å². The molecule has 0 bridgehead atoms. The molecule has 39 heavy (non-hydrogen) atoms. The van der Waals surface area contributed by atoms with Gasteiger partial charge in [0.1, 0.15) is 5.82 Å². The Balaban J connectivity index is 1.59. The number of halogens is 4. The standard InChI is InChI=1S/C25H23ClF3N7O2S/c1-12(2)22-30-15(11-39-22)10-36-24(37)32-23(31-21-5-14-8-34(3)33-20(14)6-16(21)26)35(25(36)38)9-13-4-18(28)19(29)7-17(13)27/h4-8,11-12,20,33H,9-10H2,1-3H3,(H,31,32,37). The van der Waals surface area contributed by atoms with E-state index in [2.05, 4.69) is 20.7 Å². The van der Waals surface area contributed by atoms with Crippen molar-refractivity contribution in [2.75, 3.05) is 12.4 Å². The van der Waals surface area contributed by atoms with Crippen molar-refractivity contribution in [3.8, 4) is 0 Å². The number of anilines is 1. The molecule has 1 unspecified atom stereocenters. The minimum atomic E-state index is -1.36. The zero-order valence-corrected chi connectivity index (χ0v) is 22.6. The Morgan fingerprint density at radius 2 is 1.85 bits per heavy atom. The molecule has 0 fully saturated rings. The van der Waals surface area contributed by atoms with Gasteiger partial charge in [0.25, 0.3) is 0 Å². The van der Waals surface area contributed by atoms with Crippen LogP contribution in [0.5, 0.6) is 0 Å². The summed E-state index contributed by atoms with van der Waals surface area (Å²) in [5.41, 5.74) is 2.78. The molecule has 0 amide bonds. The van der Waals surface area contributed by atoms with Crippen molar-refractivity contribution in [1.82, 2.24) is 29.5 Å². The molecule has 1 aromatic carbocycles. The maximum absolute atomic E-state index is 14.6. The number of thiazole rings is 1. The van der Waals surface area contributed by atoms with E-state index in [4.69, 9.17) is 11.6 Å². The van der Waals surface area contributed by atoms with Gasteiger partial charge in [0.15, 0.2) is 11.6 Å². The summed E-state index contributed by atoms with van der Waals surface area (Å²) >= 11 is 7.85. The van der Waals surface area contributed by atoms with E-state index in [-0.39, 0.29) is 35.0 Å². The van der Waals surface area contributed by atoms with Crippen LogP contribution in [0.3, 0.4) is 0 Å². The fraction of sp³-hybridized carbons (Fsp3) is 0.280. The van der Waals surface area contributed by atoms with Gasteiger partial charge in [-0.15, -0.1) is 11.3 Å². The zero-order valence-electron chi connectivity index (χ0n) is 21.0. The topological polar surface area (TPSA) is 97.1 Å². The van der Waals surface area contributed by atoms with E-state index in [1.54, 1.807) is 22.5 Å². The molecule has 5 rings (SSSR count). The summed E-state index contributed by atoms with van der Waals surface area (Å²) in [7, 11) is 1.82. The van der Waals surface area contributed by atoms with Gasteiger partial charge in [-0.2, -0.15) is 4.98 Å². The van der Waals surface area contributed by atoms with Gasteiger partial charge in [0, 0.05) is 36.2 Å². The Labute approximate surface area is 229 Å². The first-order valence-corrected chi connectivity index (χ1v) is 13.1. The molecule has 9 nitrogen and oxygen atoms in total. The minimum Gasteiger partial charge on any atom is -0.324 e. The minimum absolute atomic E-state index is 0.157. The number of nitrogens with one attached hydrogen (secondary N) is 2. The van der Waals surface area contributed by atoms with Crippen molar-refractivity contribution in [1.29, 1.82) is 0 Å². The molecule has 204 valence electrons. The summed E-state index contributed by atoms with van der Waals surface area (Å²) in [6, 6.07) is 0.892. The fourth-order valence-electron chi connectivity index (χ4n) is 4.16. The molecule has 0 saturated carbocycles. The summed E-state index contributed by atoms with van der Waals surface area (Å²) in [5.74, 6) is -3.80. The smallest absolute Gasteiger partial charge is 0.324 e. The van der Waals surface area contributed by atoms with E-state index in [0.29, 0.717) is 23.5 Å². The predicted molar refractivity (Wildman–Crippen MR) is 142 cm³/mol. The van der Waals surface area contributed by atoms with Crippen LogP contribution in [-0.4, -0.2) is 37.2 Å². The first kappa shape index (κ1) is 26.9. The lowest BCUT2D eigenvalue weighted by molar-refractivity contribution is 0.349. The monoisotopic (exact) mass is 577 g/mol. The Hall–Kier alpha value is -3.68. The summed E-state index contributed by atoms with van der Waals surface area (Å²) in [5, 5.41) is 7.50. The maximum Gasteiger partial charge on any atom is 0.355 e. The summed E-state index contributed by atoms with van der Waals surface area (Å²) in [4.78, 5) is 35.1. The highest BCUT2D eigenvalue weighted by Crippen LogP contribution is 2.29. The Morgan fingerprint density at radius 1 is 1.10 bits per heavy atom. The normalized spacial score (nSPS) is 16.8. The second kappa shape index (κ2) is 10.5. The van der Waals surface area contributed by atoms with Gasteiger partial charge < -0.3 is 10.3 Å². The predicted octanol–water partition coefficient (Wildman–Crippen LogP) is 3.63. The second-order valence-corrected chi connectivity index (χ2v) is 10.7. The lowest BCUT2D eigenvalue weighted by Gasteiger charge is -2.21. The van der Waals surface area contributed by atoms with Gasteiger partial charge in [-0.1, -0.05) is 25.4 Å². The van der Waals surface area contributed by atoms with Crippen molar-refractivity contribution >= 4 is 28.9 Å². The number of rotatable bonds is 7. The van der Waals surface area contributed by atoms with Gasteiger partial charge in [-0.25, -0.2) is 37.7 Å². The van der Waals surface area contributed by atoms with Crippen LogP contribution >= 0.6 is 22.9 Å². The molecule has 0 radical (unpaired) electrons. The number of hydrogen-bond acceptors (Lipinski definition) is 8. The number of hydrazine groups is 1. The maximum atomic E-state index is 14.6. The Kier molecular flexibility index (Phi) is 7.23. The molecule has 2 aliphatic rings. The van der Waals surface area contributed by atoms with Crippen molar-refractivity contribution in [3.05, 3.63) is 107 Å². The first-order valence-electron chi connectivity index (χ1n) is 11.9. The molecule has 2 N–H and O–H groups in total. The van der Waals surface area contributed by atoms with Gasteiger partial charge in [-0.05, 0) is 23.8 Å². The quantitative estimate of drug-likeness (QED) is 0.414. The van der Waals surface area contributed by atoms with Crippen LogP contribution in [0.15, 0.2) is 61.8 Å². The van der Waals surface area contributed by atoms with E-state index in [1.807, 2.05) is 27.1 Å². The number of aromatic nitrogens is 4. The molecule has 0 saturated heterocycles. The van der Waals surface area contributed by atoms with E-state index >= 15 is 0 Å². The lowest BCUT2D eigenvalue weighted by Crippen LogP contribution is -2.43. The van der Waals surface area contributed by atoms with Crippen molar-refractivity contribution in [2.24, 2.45) is 0 Å². The molecular weight excluding hydrogens is 555 g/mol. The molecule has 1 aliphatic carbocycles. The van der Waals surface area contributed by atoms with Gasteiger partial charge in [0.2, 0.25) is 5.95 Å². The third-order valence-corrected chi connectivity index (χ3v) is 7.65. The summed E-state index contributed by atoms with van der Waals surface area (Å²) in [6.07, 6.45) is 5.28. The fourth-order valence-corrected chi connectivity index (χ4v) is 5.22. The molecule has 0 spiro atoms. The van der Waals surface area contributed by atoms with Crippen LogP contribution in [0.25, 0.3) is 0 Å². The van der Waals surface area contributed by atoms with Crippen LogP contribution in [0.2, 0.25) is 0 Å². The molecular formula is C25H23ClF3N7O2S. The van der Waals surface area contributed by atoms with Crippen molar-refractivity contribution in [3.63, 3.8) is 0 Å². The van der Waals surface area contributed by atoms with Crippen LogP contribution < -0.4 is 22.1 Å². The Bertz CT molecular complexity index is 1670. The highest BCUT2D eigenvalue weighted by atomic mass is 35.5. The largest absolute Gasteiger partial charge is 0.355 e. The summed E-state index contributed by atoms with van der Waals surface area (Å²) in [6.45, 7) is 3.22. The SMILES string of the molecule is CC(C)c1nc(Cn2c(=O)nc(NC3=CC4=CN(C)NC4C=C3Cl)n(Cc3cc(F)c(F)cc3F)c2=O)cs1. The number of benzene rings is 1. The lowest BCUT2D eigenvalue weighted by atomic mass is 10.0. The van der Waals surface area contributed by atoms with E-state index in [0.717, 1.165) is 19.7 Å². The molecule has 14 heteroatoms. The van der Waals surface area contributed by atoms with Crippen molar-refractivity contribution in [2.45, 2.75) is 38.9 Å². The number of hydrogen-bond donors (Lipinski definition) is 2. The molecule has 1 atom stereocenters. The van der Waals surface area contributed by atoms with Crippen LogP contribution in [0.4, 0.5) is 19.1 Å². The highest BCUT2D eigenvalue weighted by molar-refractivity contribution is 7.09. The molecule has 3 heterocycles.